The van der Waals surface area contributed by atoms with E-state index in [4.69, 9.17) is 39.5 Å². The molecule has 0 spiro atoms. The summed E-state index contributed by atoms with van der Waals surface area (Å²) in [6.45, 7) is 0. The van der Waals surface area contributed by atoms with Crippen LogP contribution in [0.3, 0.4) is 0 Å². The Labute approximate surface area is 118 Å². The SMILES string of the molecule is Fc1ccc(Oc2ncc(CCl)cc2Cl)c(Cl)c1. The van der Waals surface area contributed by atoms with Crippen molar-refractivity contribution in [1.82, 2.24) is 4.98 Å². The predicted octanol–water partition coefficient (Wildman–Crippen LogP) is 5.06. The number of benzene rings is 1. The second-order valence-corrected chi connectivity index (χ2v) is 4.52. The molecular weight excluding hydrogens is 299 g/mol. The summed E-state index contributed by atoms with van der Waals surface area (Å²) in [5, 5.41) is 0.461. The number of halogens is 4. The van der Waals surface area contributed by atoms with Crippen molar-refractivity contribution in [1.29, 1.82) is 0 Å². The molecule has 94 valence electrons. The molecule has 18 heavy (non-hydrogen) atoms. The minimum atomic E-state index is -0.441. The van der Waals surface area contributed by atoms with Crippen molar-refractivity contribution in [3.8, 4) is 11.6 Å². The van der Waals surface area contributed by atoms with Gasteiger partial charge >= 0.3 is 0 Å². The Kier molecular flexibility index (Phi) is 4.27. The number of alkyl halides is 1. The fourth-order valence-corrected chi connectivity index (χ4v) is 1.85. The van der Waals surface area contributed by atoms with Crippen LogP contribution in [0, 0.1) is 5.82 Å². The first-order valence-corrected chi connectivity index (χ1v) is 6.22. The van der Waals surface area contributed by atoms with Crippen molar-refractivity contribution in [2.24, 2.45) is 0 Å². The minimum absolute atomic E-state index is 0.147. The average molecular weight is 307 g/mol. The standard InChI is InChI=1S/C12H7Cl3FNO/c13-5-7-3-10(15)12(17-6-7)18-11-2-1-8(16)4-9(11)14/h1-4,6H,5H2. The Morgan fingerprint density at radius 1 is 1.17 bits per heavy atom. The van der Waals surface area contributed by atoms with Gasteiger partial charge in [0.2, 0.25) is 5.88 Å². The Morgan fingerprint density at radius 2 is 1.94 bits per heavy atom. The van der Waals surface area contributed by atoms with Gasteiger partial charge in [0.25, 0.3) is 0 Å². The minimum Gasteiger partial charge on any atom is -0.436 e. The van der Waals surface area contributed by atoms with E-state index in [9.17, 15) is 4.39 Å². The molecule has 0 saturated carbocycles. The normalized spacial score (nSPS) is 10.4. The van der Waals surface area contributed by atoms with Crippen LogP contribution in [0.4, 0.5) is 4.39 Å². The van der Waals surface area contributed by atoms with Gasteiger partial charge < -0.3 is 4.74 Å². The van der Waals surface area contributed by atoms with Crippen molar-refractivity contribution in [3.05, 3.63) is 51.9 Å². The van der Waals surface area contributed by atoms with Gasteiger partial charge in [0.1, 0.15) is 16.6 Å². The molecule has 0 radical (unpaired) electrons. The quantitative estimate of drug-likeness (QED) is 0.740. The summed E-state index contributed by atoms with van der Waals surface area (Å²) in [5.74, 6) is 0.346. The smallest absolute Gasteiger partial charge is 0.238 e. The average Bonchev–Trinajstić information content (AvgIpc) is 2.34. The molecule has 1 aromatic heterocycles. The first-order chi connectivity index (χ1) is 8.60. The van der Waals surface area contributed by atoms with Gasteiger partial charge in [0.05, 0.1) is 5.02 Å². The summed E-state index contributed by atoms with van der Waals surface area (Å²) in [4.78, 5) is 4.02. The molecule has 0 unspecified atom stereocenters. The molecule has 0 saturated heterocycles. The summed E-state index contributed by atoms with van der Waals surface area (Å²) in [6.07, 6.45) is 1.55. The number of rotatable bonds is 3. The van der Waals surface area contributed by atoms with Gasteiger partial charge in [-0.2, -0.15) is 0 Å². The Balaban J connectivity index is 2.28. The maximum Gasteiger partial charge on any atom is 0.238 e. The molecule has 0 N–H and O–H groups in total. The second-order valence-electron chi connectivity index (χ2n) is 3.44. The molecule has 1 aromatic carbocycles. The summed E-state index contributed by atoms with van der Waals surface area (Å²) in [5.41, 5.74) is 0.777. The van der Waals surface area contributed by atoms with E-state index >= 15 is 0 Å². The van der Waals surface area contributed by atoms with Crippen molar-refractivity contribution in [3.63, 3.8) is 0 Å². The molecule has 0 atom stereocenters. The molecule has 0 fully saturated rings. The van der Waals surface area contributed by atoms with E-state index in [2.05, 4.69) is 4.98 Å². The van der Waals surface area contributed by atoms with Crippen molar-refractivity contribution < 1.29 is 9.13 Å². The molecule has 6 heteroatoms. The van der Waals surface area contributed by atoms with E-state index in [0.29, 0.717) is 10.9 Å². The Bertz CT molecular complexity index is 577. The number of hydrogen-bond acceptors (Lipinski definition) is 2. The van der Waals surface area contributed by atoms with Gasteiger partial charge in [-0.3, -0.25) is 0 Å². The van der Waals surface area contributed by atoms with Crippen molar-refractivity contribution in [2.45, 2.75) is 5.88 Å². The molecule has 2 nitrogen and oxygen atoms in total. The third-order valence-corrected chi connectivity index (χ3v) is 2.99. The summed E-state index contributed by atoms with van der Waals surface area (Å²) >= 11 is 17.5. The van der Waals surface area contributed by atoms with E-state index in [0.717, 1.165) is 11.6 Å². The number of nitrogens with zero attached hydrogens (tertiary/aromatic N) is 1. The third kappa shape index (κ3) is 3.05. The summed E-state index contributed by atoms with van der Waals surface area (Å²) in [7, 11) is 0. The van der Waals surface area contributed by atoms with E-state index in [1.165, 1.54) is 12.1 Å². The monoisotopic (exact) mass is 305 g/mol. The summed E-state index contributed by atoms with van der Waals surface area (Å²) in [6, 6.07) is 5.44. The highest BCUT2D eigenvalue weighted by atomic mass is 35.5. The van der Waals surface area contributed by atoms with Crippen LogP contribution in [0.2, 0.25) is 10.0 Å². The maximum absolute atomic E-state index is 12.9. The first kappa shape index (κ1) is 13.4. The van der Waals surface area contributed by atoms with Crippen LogP contribution in [-0.2, 0) is 5.88 Å². The number of aromatic nitrogens is 1. The van der Waals surface area contributed by atoms with Crippen molar-refractivity contribution in [2.75, 3.05) is 0 Å². The fourth-order valence-electron chi connectivity index (χ4n) is 1.28. The molecular formula is C12H7Cl3FNO. The zero-order valence-corrected chi connectivity index (χ0v) is 11.2. The summed E-state index contributed by atoms with van der Waals surface area (Å²) < 4.78 is 18.3. The van der Waals surface area contributed by atoms with Crippen LogP contribution in [0.25, 0.3) is 0 Å². The molecule has 0 amide bonds. The van der Waals surface area contributed by atoms with Crippen LogP contribution >= 0.6 is 34.8 Å². The lowest BCUT2D eigenvalue weighted by atomic mass is 10.3. The van der Waals surface area contributed by atoms with Gasteiger partial charge in [-0.05, 0) is 29.8 Å². The van der Waals surface area contributed by atoms with E-state index in [1.54, 1.807) is 12.3 Å². The molecule has 0 aliphatic carbocycles. The molecule has 1 heterocycles. The van der Waals surface area contributed by atoms with E-state index < -0.39 is 5.82 Å². The van der Waals surface area contributed by atoms with Crippen LogP contribution in [0.1, 0.15) is 5.56 Å². The highest BCUT2D eigenvalue weighted by Gasteiger charge is 2.09. The zero-order chi connectivity index (χ0) is 13.1. The van der Waals surface area contributed by atoms with Crippen LogP contribution < -0.4 is 4.74 Å². The van der Waals surface area contributed by atoms with Crippen molar-refractivity contribution >= 4 is 34.8 Å². The highest BCUT2D eigenvalue weighted by molar-refractivity contribution is 6.32. The first-order valence-electron chi connectivity index (χ1n) is 4.93. The molecule has 0 bridgehead atoms. The largest absolute Gasteiger partial charge is 0.436 e. The second kappa shape index (κ2) is 5.74. The van der Waals surface area contributed by atoms with Gasteiger partial charge in [0.15, 0.2) is 0 Å². The van der Waals surface area contributed by atoms with Gasteiger partial charge in [-0.15, -0.1) is 11.6 Å². The Hall–Kier alpha value is -1.03. The van der Waals surface area contributed by atoms with Crippen LogP contribution in [0.15, 0.2) is 30.5 Å². The highest BCUT2D eigenvalue weighted by Crippen LogP contribution is 2.32. The molecule has 0 aliphatic heterocycles. The lowest BCUT2D eigenvalue weighted by Crippen LogP contribution is -1.92. The van der Waals surface area contributed by atoms with E-state index in [-0.39, 0.29) is 16.7 Å². The molecule has 2 aromatic rings. The lowest BCUT2D eigenvalue weighted by molar-refractivity contribution is 0.461. The van der Waals surface area contributed by atoms with Crippen LogP contribution in [-0.4, -0.2) is 4.98 Å². The lowest BCUT2D eigenvalue weighted by Gasteiger charge is -2.08. The van der Waals surface area contributed by atoms with Gasteiger partial charge in [-0.25, -0.2) is 9.37 Å². The number of pyridine rings is 1. The molecule has 0 aliphatic rings. The maximum atomic E-state index is 12.9. The predicted molar refractivity (Wildman–Crippen MR) is 70.3 cm³/mol. The number of hydrogen-bond donors (Lipinski definition) is 0. The zero-order valence-electron chi connectivity index (χ0n) is 8.96. The topological polar surface area (TPSA) is 22.1 Å². The Morgan fingerprint density at radius 3 is 2.56 bits per heavy atom. The molecule has 2 rings (SSSR count). The van der Waals surface area contributed by atoms with Gasteiger partial charge in [0, 0.05) is 12.1 Å². The van der Waals surface area contributed by atoms with Gasteiger partial charge in [-0.1, -0.05) is 23.2 Å². The van der Waals surface area contributed by atoms with E-state index in [1.807, 2.05) is 0 Å². The number of ether oxygens (including phenoxy) is 1. The third-order valence-electron chi connectivity index (χ3n) is 2.12. The fraction of sp³-hybridized carbons (Fsp3) is 0.0833. The van der Waals surface area contributed by atoms with Crippen LogP contribution in [0.5, 0.6) is 11.6 Å².